The van der Waals surface area contributed by atoms with Crippen molar-refractivity contribution in [2.45, 2.75) is 0 Å². The van der Waals surface area contributed by atoms with Crippen LogP contribution in [0, 0.1) is 0 Å². The molecule has 0 amide bonds. The smallest absolute Gasteiger partial charge is 0.160 e. The van der Waals surface area contributed by atoms with E-state index >= 15 is 0 Å². The Kier molecular flexibility index (Phi) is 6.05. The summed E-state index contributed by atoms with van der Waals surface area (Å²) in [5, 5.41) is 6.22. The van der Waals surface area contributed by atoms with Gasteiger partial charge in [0, 0.05) is 48.5 Å². The third-order valence-corrected chi connectivity index (χ3v) is 10.5. The van der Waals surface area contributed by atoms with Crippen molar-refractivity contribution < 1.29 is 0 Å². The molecule has 3 nitrogen and oxygen atoms in total. The van der Waals surface area contributed by atoms with Crippen LogP contribution >= 0.6 is 11.3 Å². The maximum absolute atomic E-state index is 5.18. The summed E-state index contributed by atoms with van der Waals surface area (Å²) < 4.78 is 3.78. The number of para-hydroxylation sites is 1. The van der Waals surface area contributed by atoms with Crippen molar-refractivity contribution in [1.82, 2.24) is 14.4 Å². The van der Waals surface area contributed by atoms with E-state index in [1.807, 2.05) is 23.5 Å². The van der Waals surface area contributed by atoms with Crippen LogP contribution in [0.3, 0.4) is 0 Å². The van der Waals surface area contributed by atoms with E-state index in [1.54, 1.807) is 0 Å². The van der Waals surface area contributed by atoms with Gasteiger partial charge in [-0.3, -0.25) is 4.40 Å². The topological polar surface area (TPSA) is 30.2 Å². The molecule has 0 saturated carbocycles. The van der Waals surface area contributed by atoms with Gasteiger partial charge in [0.05, 0.1) is 22.4 Å². The number of hydrogen-bond donors (Lipinski definition) is 0. The molecule has 224 valence electrons. The van der Waals surface area contributed by atoms with Crippen molar-refractivity contribution in [2.75, 3.05) is 0 Å². The Hall–Kier alpha value is -6.10. The van der Waals surface area contributed by atoms with Crippen LogP contribution in [0.25, 0.3) is 92.5 Å². The molecule has 4 heterocycles. The third kappa shape index (κ3) is 4.13. The fourth-order valence-corrected chi connectivity index (χ4v) is 8.48. The van der Waals surface area contributed by atoms with Crippen molar-refractivity contribution in [3.05, 3.63) is 164 Å². The maximum Gasteiger partial charge on any atom is 0.160 e. The van der Waals surface area contributed by atoms with Gasteiger partial charge in [-0.25, -0.2) is 9.97 Å². The summed E-state index contributed by atoms with van der Waals surface area (Å²) in [5.41, 5.74) is 9.88. The summed E-state index contributed by atoms with van der Waals surface area (Å²) in [5.74, 6) is 0.716. The zero-order valence-corrected chi connectivity index (χ0v) is 26.7. The number of hydrogen-bond acceptors (Lipinski definition) is 3. The van der Waals surface area contributed by atoms with Crippen LogP contribution in [0.2, 0.25) is 0 Å². The minimum Gasteiger partial charge on any atom is -0.299 e. The zero-order chi connectivity index (χ0) is 31.6. The van der Waals surface area contributed by atoms with Crippen LogP contribution in [0.15, 0.2) is 164 Å². The van der Waals surface area contributed by atoms with Gasteiger partial charge in [-0.05, 0) is 35.2 Å². The van der Waals surface area contributed by atoms with Gasteiger partial charge in [-0.15, -0.1) is 11.3 Å². The number of rotatable bonds is 4. The monoisotopic (exact) mass is 629 g/mol. The first-order valence-electron chi connectivity index (χ1n) is 16.2. The van der Waals surface area contributed by atoms with Crippen LogP contribution < -0.4 is 0 Å². The summed E-state index contributed by atoms with van der Waals surface area (Å²) in [4.78, 5) is 11.6. The first-order valence-corrected chi connectivity index (χ1v) is 17.0. The first-order chi connectivity index (χ1) is 23.8. The van der Waals surface area contributed by atoms with E-state index in [2.05, 4.69) is 156 Å². The third-order valence-electron chi connectivity index (χ3n) is 9.38. The van der Waals surface area contributed by atoms with Crippen LogP contribution in [-0.2, 0) is 0 Å². The van der Waals surface area contributed by atoms with Crippen molar-refractivity contribution >= 4 is 58.8 Å². The Bertz CT molecular complexity index is 2760. The van der Waals surface area contributed by atoms with Crippen molar-refractivity contribution in [1.29, 1.82) is 0 Å². The number of pyridine rings is 1. The SMILES string of the molecule is c1ccc(-c2cc(-c3ccccc3)nc(-c3ccc4c(c3)c3c5ccccc5sc3n3c5ccccc5c(-c5ccccc5)c43)n2)cc1. The lowest BCUT2D eigenvalue weighted by molar-refractivity contribution is 1.18. The Morgan fingerprint density at radius 3 is 1.71 bits per heavy atom. The second-order valence-corrected chi connectivity index (χ2v) is 13.2. The molecule has 0 atom stereocenters. The molecular formula is C44H27N3S. The van der Waals surface area contributed by atoms with Gasteiger partial charge in [0.2, 0.25) is 0 Å². The number of thiophene rings is 1. The largest absolute Gasteiger partial charge is 0.299 e. The molecule has 0 bridgehead atoms. The van der Waals surface area contributed by atoms with Crippen LogP contribution in [0.1, 0.15) is 0 Å². The maximum atomic E-state index is 5.18. The second-order valence-electron chi connectivity index (χ2n) is 12.2. The first kappa shape index (κ1) is 27.1. The molecule has 48 heavy (non-hydrogen) atoms. The lowest BCUT2D eigenvalue weighted by atomic mass is 9.97. The number of fused-ring (bicyclic) bond motifs is 10. The van der Waals surface area contributed by atoms with E-state index in [4.69, 9.17) is 9.97 Å². The summed E-state index contributed by atoms with van der Waals surface area (Å²) >= 11 is 1.86. The zero-order valence-electron chi connectivity index (χ0n) is 25.8. The van der Waals surface area contributed by atoms with E-state index in [0.29, 0.717) is 5.82 Å². The number of aromatic nitrogens is 3. The van der Waals surface area contributed by atoms with Gasteiger partial charge in [-0.1, -0.05) is 140 Å². The molecule has 0 fully saturated rings. The van der Waals surface area contributed by atoms with Crippen LogP contribution in [-0.4, -0.2) is 14.4 Å². The number of nitrogens with zero attached hydrogens (tertiary/aromatic N) is 3. The van der Waals surface area contributed by atoms with Gasteiger partial charge >= 0.3 is 0 Å². The molecule has 10 rings (SSSR count). The molecule has 0 aliphatic rings. The van der Waals surface area contributed by atoms with Crippen LogP contribution in [0.5, 0.6) is 0 Å². The van der Waals surface area contributed by atoms with E-state index in [1.165, 1.54) is 58.6 Å². The van der Waals surface area contributed by atoms with Gasteiger partial charge < -0.3 is 0 Å². The van der Waals surface area contributed by atoms with Crippen molar-refractivity contribution in [3.63, 3.8) is 0 Å². The Morgan fingerprint density at radius 2 is 1.02 bits per heavy atom. The molecular weight excluding hydrogens is 603 g/mol. The highest BCUT2D eigenvalue weighted by molar-refractivity contribution is 7.25. The lowest BCUT2D eigenvalue weighted by Gasteiger charge is -2.12. The average molecular weight is 630 g/mol. The number of benzene rings is 6. The molecule has 0 unspecified atom stereocenters. The van der Waals surface area contributed by atoms with E-state index in [9.17, 15) is 0 Å². The molecule has 6 aromatic carbocycles. The highest BCUT2D eigenvalue weighted by Crippen LogP contribution is 2.47. The fraction of sp³-hybridized carbons (Fsp3) is 0. The van der Waals surface area contributed by atoms with Crippen molar-refractivity contribution in [3.8, 4) is 45.0 Å². The minimum atomic E-state index is 0.716. The highest BCUT2D eigenvalue weighted by Gasteiger charge is 2.22. The predicted octanol–water partition coefficient (Wildman–Crippen LogP) is 12.1. The van der Waals surface area contributed by atoms with Crippen LogP contribution in [0.4, 0.5) is 0 Å². The Labute approximate surface area is 281 Å². The van der Waals surface area contributed by atoms with Gasteiger partial charge in [0.15, 0.2) is 5.82 Å². The van der Waals surface area contributed by atoms with Gasteiger partial charge in [0.1, 0.15) is 4.83 Å². The molecule has 0 N–H and O–H groups in total. The average Bonchev–Trinajstić information content (AvgIpc) is 3.72. The molecule has 0 aliphatic carbocycles. The summed E-state index contributed by atoms with van der Waals surface area (Å²) in [6.07, 6.45) is 0. The minimum absolute atomic E-state index is 0.716. The summed E-state index contributed by atoms with van der Waals surface area (Å²) in [6.45, 7) is 0. The normalized spacial score (nSPS) is 11.8. The molecule has 10 aromatic rings. The Balaban J connectivity index is 1.34. The fourth-order valence-electron chi connectivity index (χ4n) is 7.24. The molecule has 0 spiro atoms. The van der Waals surface area contributed by atoms with E-state index in [0.717, 1.165) is 28.1 Å². The molecule has 0 aliphatic heterocycles. The standard InChI is InChI=1S/C44H27N3S/c1-4-14-28(15-5-1)36-27-37(29-16-6-2-7-17-29)46-43(45-36)31-24-25-32-35(26-31)41-34-21-11-13-23-39(34)48-44(41)47-38-22-12-10-20-33(38)40(42(32)47)30-18-8-3-9-19-30/h1-27H. The molecule has 4 aromatic heterocycles. The predicted molar refractivity (Wildman–Crippen MR) is 203 cm³/mol. The highest BCUT2D eigenvalue weighted by atomic mass is 32.1. The van der Waals surface area contributed by atoms with E-state index in [-0.39, 0.29) is 0 Å². The van der Waals surface area contributed by atoms with Gasteiger partial charge in [-0.2, -0.15) is 0 Å². The Morgan fingerprint density at radius 1 is 0.438 bits per heavy atom. The second kappa shape index (κ2) is 10.7. The molecule has 0 radical (unpaired) electrons. The summed E-state index contributed by atoms with van der Waals surface area (Å²) in [7, 11) is 0. The lowest BCUT2D eigenvalue weighted by Crippen LogP contribution is -1.96. The van der Waals surface area contributed by atoms with Crippen molar-refractivity contribution in [2.24, 2.45) is 0 Å². The quantitative estimate of drug-likeness (QED) is 0.194. The summed E-state index contributed by atoms with van der Waals surface area (Å²) in [6, 6.07) is 58.1. The van der Waals surface area contributed by atoms with Gasteiger partial charge in [0.25, 0.3) is 0 Å². The molecule has 0 saturated heterocycles. The van der Waals surface area contributed by atoms with E-state index < -0.39 is 0 Å². The molecule has 4 heteroatoms.